The van der Waals surface area contributed by atoms with Crippen LogP contribution in [0.15, 0.2) is 28.9 Å². The number of nitrogens with zero attached hydrogens (tertiary/aromatic N) is 2. The highest BCUT2D eigenvalue weighted by molar-refractivity contribution is 5.90. The second kappa shape index (κ2) is 7.19. The standard InChI is InChI=1S/C19H23N3O4/c1-11-6-14(18(23)24)9-22(8-11)19(25)21-15-5-4-12(2)16(7-15)17-20-13(3)10-26-17/h4-5,7,10-11,14H,6,8-9H2,1-3H3,(H,21,25)(H,23,24). The number of likely N-dealkylation sites (tertiary alicyclic amines) is 1. The van der Waals surface area contributed by atoms with Gasteiger partial charge in [0.25, 0.3) is 0 Å². The first-order valence-corrected chi connectivity index (χ1v) is 8.65. The maximum Gasteiger partial charge on any atom is 0.321 e. The van der Waals surface area contributed by atoms with Gasteiger partial charge in [-0.2, -0.15) is 0 Å². The Bertz CT molecular complexity index is 830. The quantitative estimate of drug-likeness (QED) is 0.876. The molecule has 2 atom stereocenters. The van der Waals surface area contributed by atoms with E-state index in [1.165, 1.54) is 0 Å². The average Bonchev–Trinajstić information content (AvgIpc) is 3.02. The number of aromatic nitrogens is 1. The van der Waals surface area contributed by atoms with Crippen LogP contribution in [-0.2, 0) is 4.79 Å². The predicted octanol–water partition coefficient (Wildman–Crippen LogP) is 3.53. The highest BCUT2D eigenvalue weighted by Gasteiger charge is 2.32. The van der Waals surface area contributed by atoms with Crippen LogP contribution in [0.4, 0.5) is 10.5 Å². The van der Waals surface area contributed by atoms with E-state index in [-0.39, 0.29) is 18.5 Å². The molecule has 0 bridgehead atoms. The van der Waals surface area contributed by atoms with E-state index < -0.39 is 11.9 Å². The molecule has 1 aliphatic heterocycles. The van der Waals surface area contributed by atoms with Crippen molar-refractivity contribution in [3.8, 4) is 11.5 Å². The summed E-state index contributed by atoms with van der Waals surface area (Å²) in [5, 5.41) is 12.1. The molecule has 138 valence electrons. The molecule has 0 saturated carbocycles. The fraction of sp³-hybridized carbons (Fsp3) is 0.421. The van der Waals surface area contributed by atoms with Gasteiger partial charge in [0.05, 0.1) is 11.6 Å². The number of oxazole rings is 1. The molecule has 1 aromatic carbocycles. The molecule has 1 aliphatic rings. The fourth-order valence-corrected chi connectivity index (χ4v) is 3.31. The Labute approximate surface area is 152 Å². The van der Waals surface area contributed by atoms with Gasteiger partial charge in [0, 0.05) is 24.3 Å². The SMILES string of the molecule is Cc1coc(-c2cc(NC(=O)N3CC(C)CC(C(=O)O)C3)ccc2C)n1. The van der Waals surface area contributed by atoms with Crippen molar-refractivity contribution in [2.45, 2.75) is 27.2 Å². The number of piperidine rings is 1. The summed E-state index contributed by atoms with van der Waals surface area (Å²) in [6, 6.07) is 5.24. The van der Waals surface area contributed by atoms with Gasteiger partial charge in [0.15, 0.2) is 0 Å². The molecule has 0 aliphatic carbocycles. The van der Waals surface area contributed by atoms with Crippen molar-refractivity contribution in [1.29, 1.82) is 0 Å². The summed E-state index contributed by atoms with van der Waals surface area (Å²) in [6.45, 7) is 6.54. The van der Waals surface area contributed by atoms with Gasteiger partial charge in [0.2, 0.25) is 5.89 Å². The minimum atomic E-state index is -0.855. The zero-order valence-corrected chi connectivity index (χ0v) is 15.2. The van der Waals surface area contributed by atoms with Gasteiger partial charge in [0.1, 0.15) is 6.26 Å². The molecule has 2 unspecified atom stereocenters. The normalized spacial score (nSPS) is 20.0. The van der Waals surface area contributed by atoms with Gasteiger partial charge >= 0.3 is 12.0 Å². The maximum atomic E-state index is 12.6. The first-order chi connectivity index (χ1) is 12.3. The number of rotatable bonds is 3. The van der Waals surface area contributed by atoms with Crippen LogP contribution >= 0.6 is 0 Å². The molecule has 2 N–H and O–H groups in total. The van der Waals surface area contributed by atoms with Crippen molar-refractivity contribution >= 4 is 17.7 Å². The lowest BCUT2D eigenvalue weighted by atomic mass is 9.91. The van der Waals surface area contributed by atoms with Crippen molar-refractivity contribution in [1.82, 2.24) is 9.88 Å². The van der Waals surface area contributed by atoms with E-state index in [2.05, 4.69) is 10.3 Å². The minimum Gasteiger partial charge on any atom is -0.481 e. The van der Waals surface area contributed by atoms with E-state index in [0.29, 0.717) is 24.5 Å². The molecule has 1 aromatic heterocycles. The van der Waals surface area contributed by atoms with Gasteiger partial charge in [-0.25, -0.2) is 9.78 Å². The number of nitrogens with one attached hydrogen (secondary N) is 1. The largest absolute Gasteiger partial charge is 0.481 e. The molecule has 2 aromatic rings. The number of carboxylic acid groups (broad SMARTS) is 1. The van der Waals surface area contributed by atoms with Crippen molar-refractivity contribution < 1.29 is 19.1 Å². The first-order valence-electron chi connectivity index (χ1n) is 8.65. The number of urea groups is 1. The molecule has 0 radical (unpaired) electrons. The van der Waals surface area contributed by atoms with Crippen LogP contribution in [0.5, 0.6) is 0 Å². The Morgan fingerprint density at radius 1 is 1.31 bits per heavy atom. The third kappa shape index (κ3) is 3.87. The van der Waals surface area contributed by atoms with Crippen LogP contribution in [0.25, 0.3) is 11.5 Å². The monoisotopic (exact) mass is 357 g/mol. The molecule has 0 spiro atoms. The number of carbonyl (C=O) groups is 2. The van der Waals surface area contributed by atoms with Crippen molar-refractivity contribution in [3.63, 3.8) is 0 Å². The molecule has 1 saturated heterocycles. The highest BCUT2D eigenvalue weighted by atomic mass is 16.4. The number of aliphatic carboxylic acids is 1. The summed E-state index contributed by atoms with van der Waals surface area (Å²) in [6.07, 6.45) is 2.18. The lowest BCUT2D eigenvalue weighted by molar-refractivity contribution is -0.143. The van der Waals surface area contributed by atoms with Crippen LogP contribution in [0, 0.1) is 25.7 Å². The van der Waals surface area contributed by atoms with Gasteiger partial charge in [-0.3, -0.25) is 4.79 Å². The van der Waals surface area contributed by atoms with E-state index >= 15 is 0 Å². The van der Waals surface area contributed by atoms with E-state index in [4.69, 9.17) is 4.42 Å². The molecule has 3 rings (SSSR count). The Morgan fingerprint density at radius 2 is 2.08 bits per heavy atom. The Kier molecular flexibility index (Phi) is 4.97. The Morgan fingerprint density at radius 3 is 2.73 bits per heavy atom. The van der Waals surface area contributed by atoms with Crippen LogP contribution < -0.4 is 5.32 Å². The molecular formula is C19H23N3O4. The molecule has 2 heterocycles. The number of amides is 2. The van der Waals surface area contributed by atoms with Crippen LogP contribution in [0.3, 0.4) is 0 Å². The highest BCUT2D eigenvalue weighted by Crippen LogP contribution is 2.27. The van der Waals surface area contributed by atoms with Crippen LogP contribution in [0.1, 0.15) is 24.6 Å². The minimum absolute atomic E-state index is 0.152. The number of benzene rings is 1. The van der Waals surface area contributed by atoms with Gasteiger partial charge in [-0.1, -0.05) is 13.0 Å². The molecule has 26 heavy (non-hydrogen) atoms. The average molecular weight is 357 g/mol. The Balaban J connectivity index is 1.76. The zero-order chi connectivity index (χ0) is 18.8. The second-order valence-electron chi connectivity index (χ2n) is 7.03. The maximum absolute atomic E-state index is 12.6. The van der Waals surface area contributed by atoms with Crippen LogP contribution in [-0.4, -0.2) is 40.1 Å². The van der Waals surface area contributed by atoms with E-state index in [1.54, 1.807) is 11.2 Å². The first kappa shape index (κ1) is 18.0. The number of carbonyl (C=O) groups excluding carboxylic acids is 1. The number of anilines is 1. The van der Waals surface area contributed by atoms with E-state index in [9.17, 15) is 14.7 Å². The molecule has 7 heteroatoms. The molecule has 2 amide bonds. The van der Waals surface area contributed by atoms with Gasteiger partial charge in [-0.15, -0.1) is 0 Å². The third-order valence-electron chi connectivity index (χ3n) is 4.63. The van der Waals surface area contributed by atoms with E-state index in [1.807, 2.05) is 39.0 Å². The lowest BCUT2D eigenvalue weighted by Gasteiger charge is -2.34. The van der Waals surface area contributed by atoms with Crippen molar-refractivity contribution in [2.24, 2.45) is 11.8 Å². The van der Waals surface area contributed by atoms with Crippen LogP contribution in [0.2, 0.25) is 0 Å². The summed E-state index contributed by atoms with van der Waals surface area (Å²) in [5.74, 6) is -0.715. The zero-order valence-electron chi connectivity index (χ0n) is 15.2. The Hall–Kier alpha value is -2.83. The summed E-state index contributed by atoms with van der Waals surface area (Å²) >= 11 is 0. The summed E-state index contributed by atoms with van der Waals surface area (Å²) < 4.78 is 5.46. The lowest BCUT2D eigenvalue weighted by Crippen LogP contribution is -2.47. The number of aryl methyl sites for hydroxylation is 2. The van der Waals surface area contributed by atoms with Crippen molar-refractivity contribution in [2.75, 3.05) is 18.4 Å². The smallest absolute Gasteiger partial charge is 0.321 e. The van der Waals surface area contributed by atoms with Gasteiger partial charge < -0.3 is 19.7 Å². The molecule has 7 nitrogen and oxygen atoms in total. The summed E-state index contributed by atoms with van der Waals surface area (Å²) in [4.78, 5) is 29.8. The molecular weight excluding hydrogens is 334 g/mol. The number of hydrogen-bond acceptors (Lipinski definition) is 4. The summed E-state index contributed by atoms with van der Waals surface area (Å²) in [7, 11) is 0. The fourth-order valence-electron chi connectivity index (χ4n) is 3.31. The number of carboxylic acids is 1. The second-order valence-corrected chi connectivity index (χ2v) is 7.03. The third-order valence-corrected chi connectivity index (χ3v) is 4.63. The topological polar surface area (TPSA) is 95.7 Å². The van der Waals surface area contributed by atoms with Crippen molar-refractivity contribution in [3.05, 3.63) is 35.7 Å². The number of hydrogen-bond donors (Lipinski definition) is 2. The predicted molar refractivity (Wildman–Crippen MR) is 96.9 cm³/mol. The summed E-state index contributed by atoms with van der Waals surface area (Å²) in [5.41, 5.74) is 3.21. The molecule has 1 fully saturated rings. The van der Waals surface area contributed by atoms with E-state index in [0.717, 1.165) is 16.8 Å². The van der Waals surface area contributed by atoms with Gasteiger partial charge in [-0.05, 0) is 43.9 Å².